The number of thioether (sulfide) groups is 1. The summed E-state index contributed by atoms with van der Waals surface area (Å²) in [6, 6.07) is 13.8. The van der Waals surface area contributed by atoms with Gasteiger partial charge in [-0.2, -0.15) is 0 Å². The van der Waals surface area contributed by atoms with Gasteiger partial charge in [0.2, 0.25) is 5.91 Å². The molecule has 8 heteroatoms. The predicted octanol–water partition coefficient (Wildman–Crippen LogP) is 2.80. The van der Waals surface area contributed by atoms with Crippen LogP contribution >= 0.6 is 11.8 Å². The highest BCUT2D eigenvalue weighted by Crippen LogP contribution is 2.33. The third-order valence-electron chi connectivity index (χ3n) is 4.27. The molecule has 2 aromatic rings. The first-order valence-corrected chi connectivity index (χ1v) is 9.72. The van der Waals surface area contributed by atoms with E-state index < -0.39 is 17.1 Å². The van der Waals surface area contributed by atoms with E-state index >= 15 is 0 Å². The maximum Gasteiger partial charge on any atom is 0.294 e. The number of ether oxygens (including phenoxy) is 1. The van der Waals surface area contributed by atoms with Crippen molar-refractivity contribution in [1.29, 1.82) is 0 Å². The Balaban J connectivity index is 1.57. The average molecular weight is 412 g/mol. The van der Waals surface area contributed by atoms with E-state index in [1.165, 1.54) is 7.11 Å². The zero-order valence-electron chi connectivity index (χ0n) is 15.8. The molecular weight excluding hydrogens is 392 g/mol. The van der Waals surface area contributed by atoms with E-state index in [1.54, 1.807) is 48.5 Å². The number of para-hydroxylation sites is 1. The van der Waals surface area contributed by atoms with Gasteiger partial charge < -0.3 is 15.2 Å². The van der Waals surface area contributed by atoms with Gasteiger partial charge in [-0.25, -0.2) is 0 Å². The molecule has 0 atom stereocenters. The predicted molar refractivity (Wildman–Crippen MR) is 110 cm³/mol. The van der Waals surface area contributed by atoms with Crippen LogP contribution in [0.2, 0.25) is 0 Å². The quantitative estimate of drug-likeness (QED) is 0.679. The van der Waals surface area contributed by atoms with Gasteiger partial charge in [-0.1, -0.05) is 30.3 Å². The molecule has 0 aliphatic carbocycles. The van der Waals surface area contributed by atoms with E-state index in [0.717, 1.165) is 22.2 Å². The summed E-state index contributed by atoms with van der Waals surface area (Å²) in [5.41, 5.74) is 1.63. The number of carbonyl (C=O) groups excluding carboxylic acids is 3. The van der Waals surface area contributed by atoms with Crippen molar-refractivity contribution >= 4 is 34.9 Å². The minimum absolute atomic E-state index is 0.179. The Morgan fingerprint density at radius 1 is 1.17 bits per heavy atom. The Morgan fingerprint density at radius 2 is 1.90 bits per heavy atom. The van der Waals surface area contributed by atoms with Crippen molar-refractivity contribution < 1.29 is 24.2 Å². The number of benzene rings is 2. The van der Waals surface area contributed by atoms with Gasteiger partial charge in [-0.3, -0.25) is 19.3 Å². The Bertz CT molecular complexity index is 956. The summed E-state index contributed by atoms with van der Waals surface area (Å²) in [5, 5.41) is 11.5. The average Bonchev–Trinajstić information content (AvgIpc) is 2.97. The maximum absolute atomic E-state index is 12.6. The van der Waals surface area contributed by atoms with Crippen molar-refractivity contribution in [2.45, 2.75) is 6.42 Å². The lowest BCUT2D eigenvalue weighted by Crippen LogP contribution is -2.40. The van der Waals surface area contributed by atoms with Crippen molar-refractivity contribution in [3.8, 4) is 11.5 Å². The van der Waals surface area contributed by atoms with Crippen LogP contribution in [-0.4, -0.2) is 47.3 Å². The molecule has 3 amide bonds. The lowest BCUT2D eigenvalue weighted by molar-refractivity contribution is -0.129. The number of phenols is 1. The first-order valence-electron chi connectivity index (χ1n) is 8.91. The lowest BCUT2D eigenvalue weighted by atomic mass is 10.1. The summed E-state index contributed by atoms with van der Waals surface area (Å²) < 4.78 is 5.25. The zero-order chi connectivity index (χ0) is 20.8. The third-order valence-corrected chi connectivity index (χ3v) is 5.18. The van der Waals surface area contributed by atoms with Gasteiger partial charge in [0.15, 0.2) is 0 Å². The number of hydrogen-bond donors (Lipinski definition) is 2. The molecule has 1 heterocycles. The van der Waals surface area contributed by atoms with E-state index in [0.29, 0.717) is 24.3 Å². The highest BCUT2D eigenvalue weighted by molar-refractivity contribution is 8.18. The van der Waals surface area contributed by atoms with Crippen LogP contribution in [0.3, 0.4) is 0 Å². The van der Waals surface area contributed by atoms with Crippen LogP contribution in [0.1, 0.15) is 11.1 Å². The maximum atomic E-state index is 12.6. The molecule has 0 aromatic heterocycles. The molecular formula is C21H20N2O5S. The monoisotopic (exact) mass is 412 g/mol. The summed E-state index contributed by atoms with van der Waals surface area (Å²) in [7, 11) is 1.53. The van der Waals surface area contributed by atoms with Crippen molar-refractivity contribution in [2.75, 3.05) is 20.2 Å². The number of imide groups is 1. The van der Waals surface area contributed by atoms with E-state index in [2.05, 4.69) is 5.32 Å². The number of aromatic hydroxyl groups is 1. The number of nitrogens with one attached hydrogen (secondary N) is 1. The van der Waals surface area contributed by atoms with Crippen LogP contribution in [0.4, 0.5) is 4.79 Å². The molecule has 7 nitrogen and oxygen atoms in total. The molecule has 0 saturated carbocycles. The Labute approximate surface area is 172 Å². The SMILES string of the molecule is COc1ccccc1C=C1SC(=O)N(CC(=O)NCCc2ccc(O)cc2)C1=O. The first-order chi connectivity index (χ1) is 14.0. The standard InChI is InChI=1S/C21H20N2O5S/c1-28-17-5-3-2-4-15(17)12-18-20(26)23(21(27)29-18)13-19(25)22-11-10-14-6-8-16(24)9-7-14/h2-9,12,24H,10-11,13H2,1H3,(H,22,25). The minimum Gasteiger partial charge on any atom is -0.508 e. The van der Waals surface area contributed by atoms with Crippen LogP contribution in [0.5, 0.6) is 11.5 Å². The van der Waals surface area contributed by atoms with Crippen LogP contribution < -0.4 is 10.1 Å². The van der Waals surface area contributed by atoms with Gasteiger partial charge in [-0.05, 0) is 48.0 Å². The third kappa shape index (κ3) is 5.17. The van der Waals surface area contributed by atoms with Gasteiger partial charge in [0.05, 0.1) is 12.0 Å². The Morgan fingerprint density at radius 3 is 2.62 bits per heavy atom. The second kappa shape index (κ2) is 9.29. The van der Waals surface area contributed by atoms with E-state index in [-0.39, 0.29) is 17.2 Å². The lowest BCUT2D eigenvalue weighted by Gasteiger charge is -2.12. The Kier molecular flexibility index (Phi) is 6.56. The van der Waals surface area contributed by atoms with Crippen LogP contribution in [0.15, 0.2) is 53.4 Å². The fraction of sp³-hybridized carbons (Fsp3) is 0.190. The number of phenolic OH excluding ortho intramolecular Hbond substituents is 1. The number of methoxy groups -OCH3 is 1. The molecule has 3 rings (SSSR count). The minimum atomic E-state index is -0.500. The van der Waals surface area contributed by atoms with Gasteiger partial charge in [-0.15, -0.1) is 0 Å². The van der Waals surface area contributed by atoms with Crippen LogP contribution in [0.25, 0.3) is 6.08 Å². The Hall–Kier alpha value is -3.26. The molecule has 0 spiro atoms. The van der Waals surface area contributed by atoms with Gasteiger partial charge in [0, 0.05) is 12.1 Å². The fourth-order valence-corrected chi connectivity index (χ4v) is 3.60. The zero-order valence-corrected chi connectivity index (χ0v) is 16.6. The number of hydrogen-bond acceptors (Lipinski definition) is 6. The topological polar surface area (TPSA) is 95.9 Å². The number of carbonyl (C=O) groups is 3. The molecule has 1 aliphatic heterocycles. The number of amides is 3. The van der Waals surface area contributed by atoms with E-state index in [1.807, 2.05) is 6.07 Å². The van der Waals surface area contributed by atoms with E-state index in [9.17, 15) is 19.5 Å². The molecule has 1 saturated heterocycles. The summed E-state index contributed by atoms with van der Waals surface area (Å²) in [4.78, 5) is 38.1. The van der Waals surface area contributed by atoms with Crippen LogP contribution in [-0.2, 0) is 16.0 Å². The number of nitrogens with zero attached hydrogens (tertiary/aromatic N) is 1. The molecule has 150 valence electrons. The van der Waals surface area contributed by atoms with Gasteiger partial charge in [0.25, 0.3) is 11.1 Å². The van der Waals surface area contributed by atoms with Crippen molar-refractivity contribution in [1.82, 2.24) is 10.2 Å². The van der Waals surface area contributed by atoms with Crippen molar-refractivity contribution in [2.24, 2.45) is 0 Å². The summed E-state index contributed by atoms with van der Waals surface area (Å²) in [5.74, 6) is -0.145. The smallest absolute Gasteiger partial charge is 0.294 e. The van der Waals surface area contributed by atoms with Crippen molar-refractivity contribution in [3.05, 3.63) is 64.6 Å². The molecule has 1 aliphatic rings. The van der Waals surface area contributed by atoms with Crippen molar-refractivity contribution in [3.63, 3.8) is 0 Å². The molecule has 0 unspecified atom stereocenters. The summed E-state index contributed by atoms with van der Waals surface area (Å²) in [6.07, 6.45) is 2.16. The number of rotatable bonds is 7. The molecule has 0 bridgehead atoms. The highest BCUT2D eigenvalue weighted by Gasteiger charge is 2.36. The largest absolute Gasteiger partial charge is 0.508 e. The second-order valence-corrected chi connectivity index (χ2v) is 7.27. The first kappa shape index (κ1) is 20.5. The summed E-state index contributed by atoms with van der Waals surface area (Å²) >= 11 is 0.799. The highest BCUT2D eigenvalue weighted by atomic mass is 32.2. The van der Waals surface area contributed by atoms with Crippen LogP contribution in [0, 0.1) is 0 Å². The van der Waals surface area contributed by atoms with Gasteiger partial charge in [0.1, 0.15) is 18.0 Å². The second-order valence-electron chi connectivity index (χ2n) is 6.28. The fourth-order valence-electron chi connectivity index (χ4n) is 2.77. The summed E-state index contributed by atoms with van der Waals surface area (Å²) in [6.45, 7) is 0.0282. The molecule has 2 aromatic carbocycles. The molecule has 29 heavy (non-hydrogen) atoms. The molecule has 2 N–H and O–H groups in total. The molecule has 0 radical (unpaired) electrons. The van der Waals surface area contributed by atoms with E-state index in [4.69, 9.17) is 4.74 Å². The van der Waals surface area contributed by atoms with Gasteiger partial charge >= 0.3 is 0 Å². The normalized spacial score (nSPS) is 15.1. The molecule has 1 fully saturated rings.